The van der Waals surface area contributed by atoms with Crippen LogP contribution >= 0.6 is 15.9 Å². The molecule has 1 aromatic heterocycles. The second kappa shape index (κ2) is 5.61. The van der Waals surface area contributed by atoms with Gasteiger partial charge >= 0.3 is 0 Å². The fourth-order valence-electron chi connectivity index (χ4n) is 2.12. The molecule has 4 heteroatoms. The van der Waals surface area contributed by atoms with Gasteiger partial charge in [-0.05, 0) is 53.9 Å². The number of hydrogen-bond donors (Lipinski definition) is 1. The second-order valence-electron chi connectivity index (χ2n) is 4.55. The number of carbonyl (C=O) groups excluding carboxylic acids is 1. The number of halogens is 1. The molecule has 2 rings (SSSR count). The Balaban J connectivity index is 2.31. The van der Waals surface area contributed by atoms with Crippen LogP contribution in [0, 0.1) is 13.8 Å². The molecule has 1 amide bonds. The maximum atomic E-state index is 12.4. The summed E-state index contributed by atoms with van der Waals surface area (Å²) in [7, 11) is 0. The van der Waals surface area contributed by atoms with E-state index in [1.807, 2.05) is 55.8 Å². The van der Waals surface area contributed by atoms with Crippen LogP contribution < -0.4 is 5.32 Å². The largest absolute Gasteiger partial charge is 0.343 e. The lowest BCUT2D eigenvalue weighted by Gasteiger charge is -2.12. The summed E-state index contributed by atoms with van der Waals surface area (Å²) in [5.41, 5.74) is 3.70. The van der Waals surface area contributed by atoms with E-state index in [1.165, 1.54) is 0 Å². The van der Waals surface area contributed by atoms with Gasteiger partial charge in [0.1, 0.15) is 5.69 Å². The number of anilines is 1. The molecule has 3 nitrogen and oxygen atoms in total. The van der Waals surface area contributed by atoms with Crippen molar-refractivity contribution in [3.8, 4) is 0 Å². The maximum Gasteiger partial charge on any atom is 0.272 e. The minimum absolute atomic E-state index is 0.0788. The average molecular weight is 321 g/mol. The van der Waals surface area contributed by atoms with Gasteiger partial charge in [0.05, 0.1) is 0 Å². The summed E-state index contributed by atoms with van der Waals surface area (Å²) in [6.07, 6.45) is 1.92. The van der Waals surface area contributed by atoms with Crippen LogP contribution in [-0.4, -0.2) is 10.5 Å². The molecule has 19 heavy (non-hydrogen) atoms. The molecule has 1 N–H and O–H groups in total. The van der Waals surface area contributed by atoms with Crippen LogP contribution in [0.5, 0.6) is 0 Å². The Hall–Kier alpha value is -1.55. The molecule has 100 valence electrons. The molecule has 0 unspecified atom stereocenters. The van der Waals surface area contributed by atoms with Crippen LogP contribution in [-0.2, 0) is 6.54 Å². The topological polar surface area (TPSA) is 34.0 Å². The van der Waals surface area contributed by atoms with Crippen molar-refractivity contribution >= 4 is 27.5 Å². The fraction of sp³-hybridized carbons (Fsp3) is 0.267. The predicted octanol–water partition coefficient (Wildman–Crippen LogP) is 4.14. The molecule has 0 fully saturated rings. The van der Waals surface area contributed by atoms with Gasteiger partial charge in [-0.15, -0.1) is 0 Å². The first-order chi connectivity index (χ1) is 9.02. The molecule has 0 aliphatic rings. The number of para-hydroxylation sites is 1. The van der Waals surface area contributed by atoms with Gasteiger partial charge in [0.2, 0.25) is 0 Å². The molecule has 0 saturated carbocycles. The van der Waals surface area contributed by atoms with E-state index in [-0.39, 0.29) is 5.91 Å². The number of carbonyl (C=O) groups is 1. The standard InChI is InChI=1S/C15H17BrN2O/c1-4-18-9-12(16)8-13(18)15(19)17-14-10(2)6-5-7-11(14)3/h5-9H,4H2,1-3H3,(H,17,19). The Kier molecular flexibility index (Phi) is 4.10. The summed E-state index contributed by atoms with van der Waals surface area (Å²) in [6, 6.07) is 7.83. The van der Waals surface area contributed by atoms with Crippen molar-refractivity contribution in [1.29, 1.82) is 0 Å². The van der Waals surface area contributed by atoms with E-state index in [0.717, 1.165) is 27.8 Å². The van der Waals surface area contributed by atoms with Gasteiger partial charge in [-0.1, -0.05) is 18.2 Å². The summed E-state index contributed by atoms with van der Waals surface area (Å²) in [5, 5.41) is 3.00. The highest BCUT2D eigenvalue weighted by Crippen LogP contribution is 2.21. The zero-order valence-corrected chi connectivity index (χ0v) is 12.9. The lowest BCUT2D eigenvalue weighted by molar-refractivity contribution is 0.101. The molecule has 0 bridgehead atoms. The van der Waals surface area contributed by atoms with Crippen molar-refractivity contribution in [1.82, 2.24) is 4.57 Å². The first-order valence-electron chi connectivity index (χ1n) is 6.26. The zero-order valence-electron chi connectivity index (χ0n) is 11.3. The Morgan fingerprint density at radius 2 is 1.95 bits per heavy atom. The second-order valence-corrected chi connectivity index (χ2v) is 5.47. The van der Waals surface area contributed by atoms with Gasteiger partial charge in [0, 0.05) is 22.9 Å². The lowest BCUT2D eigenvalue weighted by atomic mass is 10.1. The highest BCUT2D eigenvalue weighted by atomic mass is 79.9. The third kappa shape index (κ3) is 2.89. The van der Waals surface area contributed by atoms with Crippen LogP contribution in [0.15, 0.2) is 34.9 Å². The zero-order chi connectivity index (χ0) is 14.0. The monoisotopic (exact) mass is 320 g/mol. The molecular formula is C15H17BrN2O. The Morgan fingerprint density at radius 3 is 2.53 bits per heavy atom. The van der Waals surface area contributed by atoms with Crippen LogP contribution in [0.25, 0.3) is 0 Å². The van der Waals surface area contributed by atoms with Crippen LogP contribution in [0.1, 0.15) is 28.5 Å². The molecule has 0 aliphatic carbocycles. The summed E-state index contributed by atoms with van der Waals surface area (Å²) in [6.45, 7) is 6.78. The average Bonchev–Trinajstić information content (AvgIpc) is 2.75. The third-order valence-corrected chi connectivity index (χ3v) is 3.59. The molecule has 0 atom stereocenters. The summed E-state index contributed by atoms with van der Waals surface area (Å²) < 4.78 is 2.84. The van der Waals surface area contributed by atoms with Gasteiger partial charge in [0.15, 0.2) is 0 Å². The van der Waals surface area contributed by atoms with Gasteiger partial charge in [0.25, 0.3) is 5.91 Å². The number of nitrogens with one attached hydrogen (secondary N) is 1. The highest BCUT2D eigenvalue weighted by molar-refractivity contribution is 9.10. The molecule has 0 radical (unpaired) electrons. The number of amides is 1. The number of aromatic nitrogens is 1. The Bertz CT molecular complexity index is 596. The smallest absolute Gasteiger partial charge is 0.272 e. The van der Waals surface area contributed by atoms with E-state index in [2.05, 4.69) is 21.2 Å². The maximum absolute atomic E-state index is 12.4. The van der Waals surface area contributed by atoms with Crippen LogP contribution in [0.3, 0.4) is 0 Å². The molecular weight excluding hydrogens is 304 g/mol. The van der Waals surface area contributed by atoms with Gasteiger partial charge in [-0.2, -0.15) is 0 Å². The lowest BCUT2D eigenvalue weighted by Crippen LogP contribution is -2.17. The normalized spacial score (nSPS) is 10.5. The SMILES string of the molecule is CCn1cc(Br)cc1C(=O)Nc1c(C)cccc1C. The highest BCUT2D eigenvalue weighted by Gasteiger charge is 2.14. The number of rotatable bonds is 3. The number of nitrogens with zero attached hydrogens (tertiary/aromatic N) is 1. The van der Waals surface area contributed by atoms with E-state index in [4.69, 9.17) is 0 Å². The van der Waals surface area contributed by atoms with Crippen LogP contribution in [0.2, 0.25) is 0 Å². The molecule has 0 spiro atoms. The van der Waals surface area contributed by atoms with Crippen molar-refractivity contribution in [2.45, 2.75) is 27.3 Å². The van der Waals surface area contributed by atoms with Crippen molar-refractivity contribution < 1.29 is 4.79 Å². The molecule has 1 heterocycles. The quantitative estimate of drug-likeness (QED) is 0.906. The van der Waals surface area contributed by atoms with E-state index in [1.54, 1.807) is 0 Å². The van der Waals surface area contributed by atoms with Crippen LogP contribution in [0.4, 0.5) is 5.69 Å². The third-order valence-electron chi connectivity index (χ3n) is 3.16. The number of hydrogen-bond acceptors (Lipinski definition) is 1. The van der Waals surface area contributed by atoms with Crippen molar-refractivity contribution in [3.05, 3.63) is 51.8 Å². The van der Waals surface area contributed by atoms with Gasteiger partial charge in [-0.25, -0.2) is 0 Å². The van der Waals surface area contributed by atoms with E-state index >= 15 is 0 Å². The molecule has 0 saturated heterocycles. The van der Waals surface area contributed by atoms with E-state index < -0.39 is 0 Å². The molecule has 0 aliphatic heterocycles. The fourth-order valence-corrected chi connectivity index (χ4v) is 2.58. The number of aryl methyl sites for hydroxylation is 3. The molecule has 1 aromatic carbocycles. The summed E-state index contributed by atoms with van der Waals surface area (Å²) >= 11 is 3.41. The van der Waals surface area contributed by atoms with Crippen molar-refractivity contribution in [2.24, 2.45) is 0 Å². The molecule has 2 aromatic rings. The summed E-state index contributed by atoms with van der Waals surface area (Å²) in [5.74, 6) is -0.0788. The Labute approximate surface area is 121 Å². The van der Waals surface area contributed by atoms with Crippen molar-refractivity contribution in [2.75, 3.05) is 5.32 Å². The predicted molar refractivity (Wildman–Crippen MR) is 81.7 cm³/mol. The van der Waals surface area contributed by atoms with Gasteiger partial charge < -0.3 is 9.88 Å². The minimum Gasteiger partial charge on any atom is -0.343 e. The Morgan fingerprint density at radius 1 is 1.32 bits per heavy atom. The summed E-state index contributed by atoms with van der Waals surface area (Å²) in [4.78, 5) is 12.4. The minimum atomic E-state index is -0.0788. The van der Waals surface area contributed by atoms with Gasteiger partial charge in [-0.3, -0.25) is 4.79 Å². The first-order valence-corrected chi connectivity index (χ1v) is 7.05. The van der Waals surface area contributed by atoms with E-state index in [0.29, 0.717) is 5.69 Å². The van der Waals surface area contributed by atoms with Crippen molar-refractivity contribution in [3.63, 3.8) is 0 Å². The number of benzene rings is 1. The van der Waals surface area contributed by atoms with E-state index in [9.17, 15) is 4.79 Å². The first kappa shape index (κ1) is 13.9.